The summed E-state index contributed by atoms with van der Waals surface area (Å²) < 4.78 is 4.89. The zero-order valence-electron chi connectivity index (χ0n) is 9.98. The van der Waals surface area contributed by atoms with Gasteiger partial charge in [0, 0.05) is 0 Å². The van der Waals surface area contributed by atoms with E-state index >= 15 is 0 Å². The summed E-state index contributed by atoms with van der Waals surface area (Å²) in [6, 6.07) is -1.35. The number of carbonyl (C=O) groups is 2. The Labute approximate surface area is 94.6 Å². The van der Waals surface area contributed by atoms with Crippen LogP contribution in [0.25, 0.3) is 0 Å². The van der Waals surface area contributed by atoms with E-state index in [1.807, 2.05) is 0 Å². The Balaban J connectivity index is 4.42. The van der Waals surface area contributed by atoms with Gasteiger partial charge < -0.3 is 20.3 Å². The molecule has 0 heterocycles. The average molecular weight is 233 g/mol. The van der Waals surface area contributed by atoms with Crippen molar-refractivity contribution in [2.75, 3.05) is 0 Å². The minimum Gasteiger partial charge on any atom is -0.480 e. The van der Waals surface area contributed by atoms with E-state index < -0.39 is 29.8 Å². The van der Waals surface area contributed by atoms with Gasteiger partial charge in [-0.15, -0.1) is 0 Å². The van der Waals surface area contributed by atoms with E-state index in [2.05, 4.69) is 5.32 Å². The minimum absolute atomic E-state index is 0.229. The predicted octanol–water partition coefficient (Wildman–Crippen LogP) is 0.735. The van der Waals surface area contributed by atoms with Crippen molar-refractivity contribution in [2.45, 2.75) is 51.9 Å². The summed E-state index contributed by atoms with van der Waals surface area (Å²) in [5, 5.41) is 20.3. The first kappa shape index (κ1) is 14.7. The van der Waals surface area contributed by atoms with Crippen LogP contribution < -0.4 is 5.32 Å². The van der Waals surface area contributed by atoms with Crippen LogP contribution in [0.1, 0.15) is 34.1 Å². The molecule has 0 saturated heterocycles. The Morgan fingerprint density at radius 2 is 1.88 bits per heavy atom. The van der Waals surface area contributed by atoms with E-state index in [-0.39, 0.29) is 6.42 Å². The lowest BCUT2D eigenvalue weighted by Gasteiger charge is -2.23. The van der Waals surface area contributed by atoms with Gasteiger partial charge >= 0.3 is 12.1 Å². The summed E-state index contributed by atoms with van der Waals surface area (Å²) in [6.45, 7) is 6.62. The molecular formula is C10H19NO5. The van der Waals surface area contributed by atoms with Gasteiger partial charge in [-0.25, -0.2) is 9.59 Å². The summed E-state index contributed by atoms with van der Waals surface area (Å²) in [4.78, 5) is 22.1. The second-order valence-corrected chi connectivity index (χ2v) is 4.44. The van der Waals surface area contributed by atoms with Crippen molar-refractivity contribution < 1.29 is 24.5 Å². The fraction of sp³-hybridized carbons (Fsp3) is 0.800. The summed E-state index contributed by atoms with van der Waals surface area (Å²) in [6.07, 6.45) is -1.76. The maximum absolute atomic E-state index is 11.3. The number of aliphatic carboxylic acids is 1. The lowest BCUT2D eigenvalue weighted by atomic mass is 10.1. The van der Waals surface area contributed by atoms with Gasteiger partial charge in [0.2, 0.25) is 0 Å². The molecule has 2 atom stereocenters. The lowest BCUT2D eigenvalue weighted by molar-refractivity contribution is -0.142. The highest BCUT2D eigenvalue weighted by atomic mass is 16.6. The van der Waals surface area contributed by atoms with Gasteiger partial charge in [-0.2, -0.15) is 0 Å². The average Bonchev–Trinajstić information content (AvgIpc) is 2.09. The topological polar surface area (TPSA) is 95.9 Å². The molecule has 0 radical (unpaired) electrons. The highest BCUT2D eigenvalue weighted by Gasteiger charge is 2.28. The molecule has 0 fully saturated rings. The molecular weight excluding hydrogens is 214 g/mol. The van der Waals surface area contributed by atoms with Crippen LogP contribution in [0.4, 0.5) is 4.79 Å². The van der Waals surface area contributed by atoms with Gasteiger partial charge in [-0.1, -0.05) is 6.92 Å². The van der Waals surface area contributed by atoms with Crippen molar-refractivity contribution in [3.8, 4) is 0 Å². The first-order chi connectivity index (χ1) is 7.17. The predicted molar refractivity (Wildman–Crippen MR) is 57.1 cm³/mol. The Kier molecular flexibility index (Phi) is 5.23. The van der Waals surface area contributed by atoms with Crippen LogP contribution in [0, 0.1) is 0 Å². The number of carboxylic acids is 1. The number of nitrogens with one attached hydrogen (secondary N) is 1. The number of ether oxygens (including phenoxy) is 1. The first-order valence-corrected chi connectivity index (χ1v) is 5.07. The third kappa shape index (κ3) is 5.55. The molecule has 6 heteroatoms. The molecule has 0 aliphatic carbocycles. The summed E-state index contributed by atoms with van der Waals surface area (Å²) in [5.41, 5.74) is -0.704. The van der Waals surface area contributed by atoms with Crippen LogP contribution in [-0.2, 0) is 9.53 Å². The van der Waals surface area contributed by atoms with Crippen molar-refractivity contribution in [1.82, 2.24) is 5.32 Å². The van der Waals surface area contributed by atoms with E-state index in [1.54, 1.807) is 27.7 Å². The number of carbonyl (C=O) groups excluding carboxylic acids is 1. The van der Waals surface area contributed by atoms with Crippen LogP contribution in [0.5, 0.6) is 0 Å². The van der Waals surface area contributed by atoms with Gasteiger partial charge in [0.25, 0.3) is 0 Å². The van der Waals surface area contributed by atoms with Gasteiger partial charge in [0.15, 0.2) is 6.04 Å². The molecule has 94 valence electrons. The van der Waals surface area contributed by atoms with Crippen molar-refractivity contribution in [1.29, 1.82) is 0 Å². The van der Waals surface area contributed by atoms with Crippen molar-refractivity contribution in [2.24, 2.45) is 0 Å². The number of rotatable bonds is 4. The first-order valence-electron chi connectivity index (χ1n) is 5.07. The molecule has 0 aromatic rings. The van der Waals surface area contributed by atoms with Crippen molar-refractivity contribution in [3.63, 3.8) is 0 Å². The second kappa shape index (κ2) is 5.69. The maximum atomic E-state index is 11.3. The summed E-state index contributed by atoms with van der Waals surface area (Å²) in [5.74, 6) is -1.29. The Morgan fingerprint density at radius 1 is 1.38 bits per heavy atom. The second-order valence-electron chi connectivity index (χ2n) is 4.44. The van der Waals surface area contributed by atoms with Gasteiger partial charge in [-0.3, -0.25) is 0 Å². The smallest absolute Gasteiger partial charge is 0.408 e. The summed E-state index contributed by atoms with van der Waals surface area (Å²) >= 11 is 0. The number of hydrogen-bond donors (Lipinski definition) is 3. The van der Waals surface area contributed by atoms with Crippen molar-refractivity contribution >= 4 is 12.1 Å². The third-order valence-electron chi connectivity index (χ3n) is 1.74. The monoisotopic (exact) mass is 233 g/mol. The fourth-order valence-corrected chi connectivity index (χ4v) is 0.993. The molecule has 0 spiro atoms. The van der Waals surface area contributed by atoms with Gasteiger partial charge in [0.1, 0.15) is 5.60 Å². The number of aliphatic hydroxyl groups is 1. The van der Waals surface area contributed by atoms with E-state index in [0.29, 0.717) is 0 Å². The molecule has 0 aromatic carbocycles. The van der Waals surface area contributed by atoms with Gasteiger partial charge in [0.05, 0.1) is 6.10 Å². The summed E-state index contributed by atoms with van der Waals surface area (Å²) in [7, 11) is 0. The van der Waals surface area contributed by atoms with E-state index in [4.69, 9.17) is 9.84 Å². The quantitative estimate of drug-likeness (QED) is 0.665. The molecule has 1 amide bonds. The largest absolute Gasteiger partial charge is 0.480 e. The van der Waals surface area contributed by atoms with Crippen LogP contribution in [0.15, 0.2) is 0 Å². The molecule has 0 aliphatic heterocycles. The number of hydrogen-bond acceptors (Lipinski definition) is 4. The standard InChI is InChI=1S/C10H19NO5/c1-5-6(12)7(8(13)14)11-9(15)16-10(2,3)4/h6-7,12H,5H2,1-4H3,(H,11,15)(H,13,14)/t6-,7-/m0/s1. The number of aliphatic hydroxyl groups excluding tert-OH is 1. The molecule has 0 bridgehead atoms. The molecule has 0 aliphatic rings. The molecule has 6 nitrogen and oxygen atoms in total. The lowest BCUT2D eigenvalue weighted by Crippen LogP contribution is -2.49. The highest BCUT2D eigenvalue weighted by molar-refractivity contribution is 5.80. The zero-order chi connectivity index (χ0) is 12.9. The SMILES string of the molecule is CC[C@H](O)[C@H](NC(=O)OC(C)(C)C)C(=O)O. The number of carboxylic acid groups (broad SMARTS) is 1. The Bertz CT molecular complexity index is 258. The van der Waals surface area contributed by atoms with Crippen LogP contribution in [0.2, 0.25) is 0 Å². The van der Waals surface area contributed by atoms with E-state index in [0.717, 1.165) is 0 Å². The molecule has 0 aromatic heterocycles. The van der Waals surface area contributed by atoms with E-state index in [1.165, 1.54) is 0 Å². The highest BCUT2D eigenvalue weighted by Crippen LogP contribution is 2.08. The molecule has 3 N–H and O–H groups in total. The number of alkyl carbamates (subject to hydrolysis) is 1. The molecule has 0 unspecified atom stereocenters. The van der Waals surface area contributed by atoms with Crippen LogP contribution >= 0.6 is 0 Å². The van der Waals surface area contributed by atoms with Crippen LogP contribution in [0.3, 0.4) is 0 Å². The van der Waals surface area contributed by atoms with Crippen molar-refractivity contribution in [3.05, 3.63) is 0 Å². The molecule has 0 rings (SSSR count). The Morgan fingerprint density at radius 3 is 2.19 bits per heavy atom. The molecule has 0 saturated carbocycles. The zero-order valence-corrected chi connectivity index (χ0v) is 9.98. The number of amides is 1. The fourth-order valence-electron chi connectivity index (χ4n) is 0.993. The minimum atomic E-state index is -1.35. The maximum Gasteiger partial charge on any atom is 0.408 e. The van der Waals surface area contributed by atoms with Crippen LogP contribution in [-0.4, -0.2) is 40.0 Å². The normalized spacial score (nSPS) is 15.1. The molecule has 16 heavy (non-hydrogen) atoms. The van der Waals surface area contributed by atoms with Gasteiger partial charge in [-0.05, 0) is 27.2 Å². The van der Waals surface area contributed by atoms with E-state index in [9.17, 15) is 14.7 Å². The third-order valence-corrected chi connectivity index (χ3v) is 1.74. The Hall–Kier alpha value is -1.30.